The molecule has 0 saturated heterocycles. The monoisotopic (exact) mass is 487 g/mol. The predicted molar refractivity (Wildman–Crippen MR) is 155 cm³/mol. The summed E-state index contributed by atoms with van der Waals surface area (Å²) in [5, 5.41) is 11.6. The van der Waals surface area contributed by atoms with Gasteiger partial charge in [0.15, 0.2) is 0 Å². The molecular weight excluding hydrogens is 442 g/mol. The molecule has 3 aromatic rings. The molecule has 3 heteroatoms. The lowest BCUT2D eigenvalue weighted by Crippen LogP contribution is -2.22. The molecule has 0 aromatic heterocycles. The molecule has 0 atom stereocenters. The Balaban J connectivity index is 2.23. The first-order valence-corrected chi connectivity index (χ1v) is 13.1. The Kier molecular flexibility index (Phi) is 8.56. The van der Waals surface area contributed by atoms with E-state index in [0.29, 0.717) is 5.75 Å². The lowest BCUT2D eigenvalue weighted by Gasteiger charge is -2.31. The summed E-state index contributed by atoms with van der Waals surface area (Å²) in [4.78, 5) is 2.31. The molecule has 0 heterocycles. The Morgan fingerprint density at radius 1 is 0.778 bits per heavy atom. The maximum atomic E-state index is 11.6. The Morgan fingerprint density at radius 2 is 1.44 bits per heavy atom. The molecule has 194 valence electrons. The van der Waals surface area contributed by atoms with Crippen LogP contribution in [0.1, 0.15) is 76.6 Å². The van der Waals surface area contributed by atoms with Crippen LogP contribution < -0.4 is 4.90 Å². The molecule has 0 unspecified atom stereocenters. The van der Waals surface area contributed by atoms with Gasteiger partial charge in [0.05, 0.1) is 5.69 Å². The minimum Gasteiger partial charge on any atom is -0.505 e. The van der Waals surface area contributed by atoms with Crippen molar-refractivity contribution in [2.45, 2.75) is 79.1 Å². The van der Waals surface area contributed by atoms with Crippen molar-refractivity contribution in [2.75, 3.05) is 25.2 Å². The topological polar surface area (TPSA) is 32.7 Å². The normalized spacial score (nSPS) is 12.1. The van der Waals surface area contributed by atoms with E-state index in [1.807, 2.05) is 0 Å². The van der Waals surface area contributed by atoms with E-state index in [0.717, 1.165) is 48.5 Å². The molecule has 0 amide bonds. The third-order valence-corrected chi connectivity index (χ3v) is 6.76. The van der Waals surface area contributed by atoms with Gasteiger partial charge < -0.3 is 14.7 Å². The van der Waals surface area contributed by atoms with E-state index in [-0.39, 0.29) is 10.8 Å². The SMILES string of the molecule is COCCCCN(c1ccccc1-c1cc(C)cc(C(C)(C)C)c1)c1cc(C)cc(C(C)(C)C)c1O. The van der Waals surface area contributed by atoms with Gasteiger partial charge in [0.2, 0.25) is 0 Å². The van der Waals surface area contributed by atoms with E-state index >= 15 is 0 Å². The summed E-state index contributed by atoms with van der Waals surface area (Å²) in [6, 6.07) is 19.7. The van der Waals surface area contributed by atoms with Gasteiger partial charge in [-0.25, -0.2) is 0 Å². The zero-order chi connectivity index (χ0) is 26.7. The fourth-order valence-electron chi connectivity index (χ4n) is 4.75. The molecule has 1 N–H and O–H groups in total. The quantitative estimate of drug-likeness (QED) is 0.322. The van der Waals surface area contributed by atoms with Crippen LogP contribution in [-0.2, 0) is 15.6 Å². The first kappa shape index (κ1) is 27.8. The number of phenolic OH excluding ortho intramolecular Hbond substituents is 1. The summed E-state index contributed by atoms with van der Waals surface area (Å²) >= 11 is 0. The Morgan fingerprint density at radius 3 is 2.08 bits per heavy atom. The molecule has 3 aromatic carbocycles. The van der Waals surface area contributed by atoms with Gasteiger partial charge >= 0.3 is 0 Å². The smallest absolute Gasteiger partial charge is 0.142 e. The zero-order valence-electron chi connectivity index (χ0n) is 23.8. The van der Waals surface area contributed by atoms with Crippen LogP contribution in [0.5, 0.6) is 5.75 Å². The number of hydrogen-bond acceptors (Lipinski definition) is 3. The van der Waals surface area contributed by atoms with Crippen LogP contribution in [0, 0.1) is 13.8 Å². The van der Waals surface area contributed by atoms with E-state index in [2.05, 4.69) is 115 Å². The average molecular weight is 488 g/mol. The van der Waals surface area contributed by atoms with Crippen molar-refractivity contribution in [1.29, 1.82) is 0 Å². The summed E-state index contributed by atoms with van der Waals surface area (Å²) in [5.74, 6) is 0.370. The van der Waals surface area contributed by atoms with E-state index in [1.165, 1.54) is 22.3 Å². The van der Waals surface area contributed by atoms with Gasteiger partial charge in [0, 0.05) is 37.1 Å². The molecule has 36 heavy (non-hydrogen) atoms. The summed E-state index contributed by atoms with van der Waals surface area (Å²) in [6.07, 6.45) is 1.92. The number of anilines is 2. The molecule has 0 spiro atoms. The highest BCUT2D eigenvalue weighted by Crippen LogP contribution is 2.44. The lowest BCUT2D eigenvalue weighted by molar-refractivity contribution is 0.193. The molecule has 0 saturated carbocycles. The minimum absolute atomic E-state index is 0.0615. The average Bonchev–Trinajstić information content (AvgIpc) is 2.79. The van der Waals surface area contributed by atoms with Gasteiger partial charge in [-0.3, -0.25) is 0 Å². The van der Waals surface area contributed by atoms with Crippen LogP contribution in [0.4, 0.5) is 11.4 Å². The molecule has 0 fully saturated rings. The van der Waals surface area contributed by atoms with Crippen molar-refractivity contribution < 1.29 is 9.84 Å². The number of aromatic hydroxyl groups is 1. The number of para-hydroxylation sites is 1. The zero-order valence-corrected chi connectivity index (χ0v) is 23.8. The second-order valence-corrected chi connectivity index (χ2v) is 12.1. The maximum Gasteiger partial charge on any atom is 0.142 e. The molecule has 0 radical (unpaired) electrons. The molecule has 0 aliphatic heterocycles. The van der Waals surface area contributed by atoms with Gasteiger partial charge in [0.1, 0.15) is 5.75 Å². The van der Waals surface area contributed by atoms with Crippen molar-refractivity contribution >= 4 is 11.4 Å². The predicted octanol–water partition coefficient (Wildman–Crippen LogP) is 8.84. The van der Waals surface area contributed by atoms with Gasteiger partial charge in [0.25, 0.3) is 0 Å². The number of methoxy groups -OCH3 is 1. The van der Waals surface area contributed by atoms with Gasteiger partial charge in [-0.1, -0.05) is 89.6 Å². The number of unbranched alkanes of at least 4 members (excludes halogenated alkanes) is 1. The summed E-state index contributed by atoms with van der Waals surface area (Å²) in [6.45, 7) is 19.1. The Bertz CT molecular complexity index is 1180. The number of benzene rings is 3. The van der Waals surface area contributed by atoms with Crippen molar-refractivity contribution in [3.63, 3.8) is 0 Å². The van der Waals surface area contributed by atoms with Gasteiger partial charge in [-0.05, 0) is 66.3 Å². The number of ether oxygens (including phenoxy) is 1. The molecule has 0 aliphatic carbocycles. The van der Waals surface area contributed by atoms with Crippen molar-refractivity contribution in [1.82, 2.24) is 0 Å². The van der Waals surface area contributed by atoms with Crippen LogP contribution >= 0.6 is 0 Å². The van der Waals surface area contributed by atoms with Crippen molar-refractivity contribution in [2.24, 2.45) is 0 Å². The van der Waals surface area contributed by atoms with Crippen LogP contribution in [0.15, 0.2) is 54.6 Å². The number of phenols is 1. The number of aryl methyl sites for hydroxylation is 2. The summed E-state index contributed by atoms with van der Waals surface area (Å²) in [7, 11) is 1.75. The fraction of sp³-hybridized carbons (Fsp3) is 0.455. The highest BCUT2D eigenvalue weighted by atomic mass is 16.5. The van der Waals surface area contributed by atoms with Crippen LogP contribution in [0.25, 0.3) is 11.1 Å². The number of hydrogen-bond donors (Lipinski definition) is 1. The van der Waals surface area contributed by atoms with E-state index in [9.17, 15) is 5.11 Å². The Hall–Kier alpha value is -2.78. The van der Waals surface area contributed by atoms with E-state index in [1.54, 1.807) is 7.11 Å². The Labute approximate surface area is 219 Å². The highest BCUT2D eigenvalue weighted by Gasteiger charge is 2.25. The molecule has 3 nitrogen and oxygen atoms in total. The minimum atomic E-state index is -0.162. The highest BCUT2D eigenvalue weighted by molar-refractivity contribution is 5.85. The third-order valence-electron chi connectivity index (χ3n) is 6.76. The first-order chi connectivity index (χ1) is 16.8. The second kappa shape index (κ2) is 11.1. The summed E-state index contributed by atoms with van der Waals surface area (Å²) < 4.78 is 5.33. The van der Waals surface area contributed by atoms with Crippen LogP contribution in [0.3, 0.4) is 0 Å². The largest absolute Gasteiger partial charge is 0.505 e. The van der Waals surface area contributed by atoms with Gasteiger partial charge in [-0.15, -0.1) is 0 Å². The number of nitrogens with zero attached hydrogens (tertiary/aromatic N) is 1. The lowest BCUT2D eigenvalue weighted by atomic mass is 9.84. The summed E-state index contributed by atoms with van der Waals surface area (Å²) in [5.41, 5.74) is 8.97. The van der Waals surface area contributed by atoms with Crippen LogP contribution in [0.2, 0.25) is 0 Å². The maximum absolute atomic E-state index is 11.6. The van der Waals surface area contributed by atoms with E-state index < -0.39 is 0 Å². The molecular formula is C33H45NO2. The fourth-order valence-corrected chi connectivity index (χ4v) is 4.75. The molecule has 0 bridgehead atoms. The second-order valence-electron chi connectivity index (χ2n) is 12.1. The van der Waals surface area contributed by atoms with Crippen molar-refractivity contribution in [3.8, 4) is 16.9 Å². The van der Waals surface area contributed by atoms with Crippen LogP contribution in [-0.4, -0.2) is 25.4 Å². The van der Waals surface area contributed by atoms with Crippen molar-refractivity contribution in [3.05, 3.63) is 76.9 Å². The first-order valence-electron chi connectivity index (χ1n) is 13.1. The number of rotatable bonds is 8. The molecule has 3 rings (SSSR count). The van der Waals surface area contributed by atoms with E-state index in [4.69, 9.17) is 4.74 Å². The standard InChI is InChI=1S/C33H45NO2/c1-23-18-25(22-26(19-23)32(3,4)5)27-14-10-11-15-29(27)34(16-12-13-17-36-9)30-21-24(2)20-28(31(30)35)33(6,7)8/h10-11,14-15,18-22,35H,12-13,16-17H2,1-9H3. The van der Waals surface area contributed by atoms with Gasteiger partial charge in [-0.2, -0.15) is 0 Å². The third kappa shape index (κ3) is 6.50. The molecule has 0 aliphatic rings.